The number of hydrogen-bond donors (Lipinski definition) is 0. The summed E-state index contributed by atoms with van der Waals surface area (Å²) in [5, 5.41) is 0. The Labute approximate surface area is 141 Å². The van der Waals surface area contributed by atoms with Crippen molar-refractivity contribution in [3.05, 3.63) is 0 Å². The highest BCUT2D eigenvalue weighted by Gasteiger charge is 2.24. The van der Waals surface area contributed by atoms with Gasteiger partial charge in [-0.1, -0.05) is 32.6 Å². The Morgan fingerprint density at radius 3 is 1.96 bits per heavy atom. The van der Waals surface area contributed by atoms with Crippen molar-refractivity contribution in [1.29, 1.82) is 0 Å². The molecule has 132 valence electrons. The SMILES string of the molecule is CCCCCC(=O)N1CCN(CC(=O)N2CCCCCC2)CC1. The number of likely N-dealkylation sites (tertiary alicyclic amines) is 1. The first-order valence-electron chi connectivity index (χ1n) is 9.48. The van der Waals surface area contributed by atoms with E-state index in [0.29, 0.717) is 13.0 Å². The van der Waals surface area contributed by atoms with E-state index in [2.05, 4.69) is 11.8 Å². The lowest BCUT2D eigenvalue weighted by Gasteiger charge is -2.35. The van der Waals surface area contributed by atoms with Crippen LogP contribution in [0, 0.1) is 0 Å². The Kier molecular flexibility index (Phi) is 7.86. The lowest BCUT2D eigenvalue weighted by Crippen LogP contribution is -2.51. The first-order chi connectivity index (χ1) is 11.2. The predicted octanol–water partition coefficient (Wildman–Crippen LogP) is 2.11. The Balaban J connectivity index is 1.67. The minimum absolute atomic E-state index is 0.273. The lowest BCUT2D eigenvalue weighted by molar-refractivity contribution is -0.135. The molecule has 5 nitrogen and oxygen atoms in total. The summed E-state index contributed by atoms with van der Waals surface area (Å²) in [4.78, 5) is 30.8. The average molecular weight is 323 g/mol. The van der Waals surface area contributed by atoms with E-state index in [4.69, 9.17) is 0 Å². The number of carbonyl (C=O) groups excluding carboxylic acids is 2. The molecular weight excluding hydrogens is 290 g/mol. The smallest absolute Gasteiger partial charge is 0.236 e. The summed E-state index contributed by atoms with van der Waals surface area (Å²) >= 11 is 0. The van der Waals surface area contributed by atoms with Crippen LogP contribution in [0.3, 0.4) is 0 Å². The molecule has 0 aromatic carbocycles. The first-order valence-corrected chi connectivity index (χ1v) is 9.48. The zero-order valence-electron chi connectivity index (χ0n) is 14.8. The molecule has 2 fully saturated rings. The quantitative estimate of drug-likeness (QED) is 0.703. The molecule has 0 aromatic heterocycles. The van der Waals surface area contributed by atoms with Gasteiger partial charge in [-0.05, 0) is 19.3 Å². The van der Waals surface area contributed by atoms with Gasteiger partial charge in [0.1, 0.15) is 0 Å². The molecule has 0 atom stereocenters. The number of piperazine rings is 1. The summed E-state index contributed by atoms with van der Waals surface area (Å²) in [6, 6.07) is 0. The normalized spacial score (nSPS) is 20.4. The summed E-state index contributed by atoms with van der Waals surface area (Å²) in [5.74, 6) is 0.562. The van der Waals surface area contributed by atoms with Crippen LogP contribution < -0.4 is 0 Å². The molecule has 2 aliphatic heterocycles. The maximum atomic E-state index is 12.4. The van der Waals surface area contributed by atoms with Crippen molar-refractivity contribution in [2.45, 2.75) is 58.3 Å². The Morgan fingerprint density at radius 2 is 1.35 bits per heavy atom. The van der Waals surface area contributed by atoms with E-state index in [1.807, 2.05) is 9.80 Å². The van der Waals surface area contributed by atoms with E-state index < -0.39 is 0 Å². The molecule has 0 spiro atoms. The van der Waals surface area contributed by atoms with Gasteiger partial charge in [-0.15, -0.1) is 0 Å². The van der Waals surface area contributed by atoms with Gasteiger partial charge >= 0.3 is 0 Å². The van der Waals surface area contributed by atoms with Crippen molar-refractivity contribution in [1.82, 2.24) is 14.7 Å². The van der Waals surface area contributed by atoms with Crippen LogP contribution in [-0.4, -0.2) is 72.3 Å². The molecule has 0 aliphatic carbocycles. The largest absolute Gasteiger partial charge is 0.342 e. The van der Waals surface area contributed by atoms with Crippen molar-refractivity contribution < 1.29 is 9.59 Å². The van der Waals surface area contributed by atoms with E-state index in [1.54, 1.807) is 0 Å². The molecule has 0 bridgehead atoms. The molecular formula is C18H33N3O2. The Hall–Kier alpha value is -1.10. The summed E-state index contributed by atoms with van der Waals surface area (Å²) in [5.41, 5.74) is 0. The van der Waals surface area contributed by atoms with Crippen molar-refractivity contribution in [2.75, 3.05) is 45.8 Å². The maximum absolute atomic E-state index is 12.4. The molecule has 0 radical (unpaired) electrons. The van der Waals surface area contributed by atoms with E-state index >= 15 is 0 Å². The van der Waals surface area contributed by atoms with Crippen LogP contribution in [0.4, 0.5) is 0 Å². The van der Waals surface area contributed by atoms with Gasteiger partial charge in [0.2, 0.25) is 11.8 Å². The number of nitrogens with zero attached hydrogens (tertiary/aromatic N) is 3. The molecule has 0 aromatic rings. The van der Waals surface area contributed by atoms with Crippen LogP contribution in [0.15, 0.2) is 0 Å². The van der Waals surface area contributed by atoms with Crippen molar-refractivity contribution in [3.63, 3.8) is 0 Å². The minimum atomic E-state index is 0.273. The first kappa shape index (κ1) is 18.2. The van der Waals surface area contributed by atoms with Gasteiger partial charge in [0.15, 0.2) is 0 Å². The second-order valence-electron chi connectivity index (χ2n) is 6.91. The van der Waals surface area contributed by atoms with Crippen LogP contribution in [0.1, 0.15) is 58.3 Å². The monoisotopic (exact) mass is 323 g/mol. The Bertz CT molecular complexity index is 370. The third-order valence-electron chi connectivity index (χ3n) is 5.04. The number of unbranched alkanes of at least 4 members (excludes halogenated alkanes) is 2. The number of amides is 2. The molecule has 0 saturated carbocycles. The van der Waals surface area contributed by atoms with Crippen molar-refractivity contribution in [3.8, 4) is 0 Å². The van der Waals surface area contributed by atoms with Gasteiger partial charge in [-0.3, -0.25) is 14.5 Å². The number of hydrogen-bond acceptors (Lipinski definition) is 3. The molecule has 5 heteroatoms. The Morgan fingerprint density at radius 1 is 0.739 bits per heavy atom. The zero-order valence-corrected chi connectivity index (χ0v) is 14.8. The van der Waals surface area contributed by atoms with Crippen molar-refractivity contribution in [2.24, 2.45) is 0 Å². The van der Waals surface area contributed by atoms with Crippen LogP contribution in [-0.2, 0) is 9.59 Å². The number of carbonyl (C=O) groups is 2. The van der Waals surface area contributed by atoms with E-state index in [-0.39, 0.29) is 11.8 Å². The molecule has 2 aliphatic rings. The minimum Gasteiger partial charge on any atom is -0.342 e. The van der Waals surface area contributed by atoms with Gasteiger partial charge in [0, 0.05) is 45.7 Å². The van der Waals surface area contributed by atoms with Gasteiger partial charge < -0.3 is 9.80 Å². The van der Waals surface area contributed by atoms with E-state index in [9.17, 15) is 9.59 Å². The van der Waals surface area contributed by atoms with Crippen molar-refractivity contribution >= 4 is 11.8 Å². The molecule has 2 heterocycles. The fraction of sp³-hybridized carbons (Fsp3) is 0.889. The van der Waals surface area contributed by atoms with E-state index in [1.165, 1.54) is 12.8 Å². The van der Waals surface area contributed by atoms with Crippen LogP contribution in [0.5, 0.6) is 0 Å². The van der Waals surface area contributed by atoms with Crippen LogP contribution in [0.2, 0.25) is 0 Å². The summed E-state index contributed by atoms with van der Waals surface area (Å²) in [7, 11) is 0. The molecule has 0 unspecified atom stereocenters. The number of rotatable bonds is 6. The fourth-order valence-corrected chi connectivity index (χ4v) is 3.45. The molecule has 2 rings (SSSR count). The maximum Gasteiger partial charge on any atom is 0.236 e. The standard InChI is InChI=1S/C18H33N3O2/c1-2-3-6-9-17(22)21-14-12-19(13-15-21)16-18(23)20-10-7-4-5-8-11-20/h2-16H2,1H3. The predicted molar refractivity (Wildman–Crippen MR) is 92.2 cm³/mol. The van der Waals surface area contributed by atoms with Crippen LogP contribution in [0.25, 0.3) is 0 Å². The highest BCUT2D eigenvalue weighted by Crippen LogP contribution is 2.11. The molecule has 0 N–H and O–H groups in total. The third-order valence-corrected chi connectivity index (χ3v) is 5.04. The van der Waals surface area contributed by atoms with Gasteiger partial charge in [0.25, 0.3) is 0 Å². The lowest BCUT2D eigenvalue weighted by atomic mass is 10.2. The van der Waals surface area contributed by atoms with E-state index in [0.717, 1.165) is 71.4 Å². The second-order valence-corrected chi connectivity index (χ2v) is 6.91. The summed E-state index contributed by atoms with van der Waals surface area (Å²) in [6.07, 6.45) is 8.77. The third kappa shape index (κ3) is 6.13. The summed E-state index contributed by atoms with van der Waals surface area (Å²) < 4.78 is 0. The average Bonchev–Trinajstić information content (AvgIpc) is 2.85. The topological polar surface area (TPSA) is 43.9 Å². The molecule has 23 heavy (non-hydrogen) atoms. The highest BCUT2D eigenvalue weighted by molar-refractivity contribution is 5.78. The summed E-state index contributed by atoms with van der Waals surface area (Å²) in [6.45, 7) is 7.75. The van der Waals surface area contributed by atoms with Gasteiger partial charge in [-0.2, -0.15) is 0 Å². The van der Waals surface area contributed by atoms with Gasteiger partial charge in [-0.25, -0.2) is 0 Å². The molecule has 2 saturated heterocycles. The van der Waals surface area contributed by atoms with Gasteiger partial charge in [0.05, 0.1) is 6.54 Å². The second kappa shape index (κ2) is 9.91. The fourth-order valence-electron chi connectivity index (χ4n) is 3.45. The molecule has 2 amide bonds. The van der Waals surface area contributed by atoms with Crippen LogP contribution >= 0.6 is 0 Å². The highest BCUT2D eigenvalue weighted by atomic mass is 16.2. The zero-order chi connectivity index (χ0) is 16.5.